The SMILES string of the molecule is c1ccc2c(c1)Cc1cc3c(cc1-2)Cc1ccc2c4ccncc4n4c5cccnc5nc4c2c1-3. The Balaban J connectivity index is 1.45. The maximum Gasteiger partial charge on any atom is 0.178 e. The Hall–Kier alpha value is -4.57. The van der Waals surface area contributed by atoms with Gasteiger partial charge >= 0.3 is 0 Å². The van der Waals surface area contributed by atoms with Crippen molar-refractivity contribution in [3.05, 3.63) is 108 Å². The monoisotopic (exact) mass is 446 g/mol. The predicted molar refractivity (Wildman–Crippen MR) is 140 cm³/mol. The molecule has 0 radical (unpaired) electrons. The predicted octanol–water partition coefficient (Wildman–Crippen LogP) is 6.73. The van der Waals surface area contributed by atoms with Gasteiger partial charge in [0.2, 0.25) is 0 Å². The summed E-state index contributed by atoms with van der Waals surface area (Å²) in [6.45, 7) is 0. The van der Waals surface area contributed by atoms with Crippen LogP contribution in [-0.4, -0.2) is 19.4 Å². The molecule has 4 heterocycles. The van der Waals surface area contributed by atoms with Gasteiger partial charge in [-0.15, -0.1) is 0 Å². The fraction of sp³-hybridized carbons (Fsp3) is 0.0645. The first-order valence-corrected chi connectivity index (χ1v) is 12.0. The molecule has 0 spiro atoms. The van der Waals surface area contributed by atoms with Gasteiger partial charge in [0.1, 0.15) is 5.65 Å². The van der Waals surface area contributed by atoms with Crippen LogP contribution in [0.25, 0.3) is 60.7 Å². The van der Waals surface area contributed by atoms with Crippen LogP contribution in [0.1, 0.15) is 22.3 Å². The van der Waals surface area contributed by atoms with Crippen molar-refractivity contribution in [2.24, 2.45) is 0 Å². The number of hydrogen-bond acceptors (Lipinski definition) is 3. The highest BCUT2D eigenvalue weighted by Gasteiger charge is 2.28. The molecule has 3 aromatic carbocycles. The topological polar surface area (TPSA) is 43.1 Å². The van der Waals surface area contributed by atoms with Crippen molar-refractivity contribution < 1.29 is 0 Å². The zero-order chi connectivity index (χ0) is 22.7. The van der Waals surface area contributed by atoms with Gasteiger partial charge in [-0.3, -0.25) is 9.38 Å². The molecule has 35 heavy (non-hydrogen) atoms. The highest BCUT2D eigenvalue weighted by Crippen LogP contribution is 2.48. The van der Waals surface area contributed by atoms with Crippen LogP contribution in [-0.2, 0) is 12.8 Å². The van der Waals surface area contributed by atoms with Crippen molar-refractivity contribution in [2.45, 2.75) is 12.8 Å². The highest BCUT2D eigenvalue weighted by atomic mass is 15.1. The summed E-state index contributed by atoms with van der Waals surface area (Å²) < 4.78 is 2.24. The molecule has 0 aliphatic heterocycles. The van der Waals surface area contributed by atoms with Gasteiger partial charge in [0.05, 0.1) is 17.2 Å². The van der Waals surface area contributed by atoms with Crippen molar-refractivity contribution in [2.75, 3.05) is 0 Å². The number of hydrogen-bond donors (Lipinski definition) is 0. The van der Waals surface area contributed by atoms with Crippen molar-refractivity contribution in [1.29, 1.82) is 0 Å². The number of imidazole rings is 1. The van der Waals surface area contributed by atoms with E-state index >= 15 is 0 Å². The fourth-order valence-corrected chi connectivity index (χ4v) is 6.49. The lowest BCUT2D eigenvalue weighted by molar-refractivity contribution is 1.24. The molecule has 2 aliphatic rings. The zero-order valence-electron chi connectivity index (χ0n) is 18.8. The van der Waals surface area contributed by atoms with Crippen LogP contribution in [0.3, 0.4) is 0 Å². The minimum absolute atomic E-state index is 0.769. The van der Waals surface area contributed by atoms with Gasteiger partial charge < -0.3 is 0 Å². The van der Waals surface area contributed by atoms with Crippen LogP contribution in [0.15, 0.2) is 85.3 Å². The molecule has 2 aliphatic carbocycles. The summed E-state index contributed by atoms with van der Waals surface area (Å²) >= 11 is 0. The smallest absolute Gasteiger partial charge is 0.178 e. The van der Waals surface area contributed by atoms with Crippen LogP contribution in [0.2, 0.25) is 0 Å². The average Bonchev–Trinajstić information content (AvgIpc) is 3.58. The van der Waals surface area contributed by atoms with Crippen LogP contribution in [0.5, 0.6) is 0 Å². The van der Waals surface area contributed by atoms with E-state index < -0.39 is 0 Å². The standard InChI is InChI=1S/C31H18N4/c1-2-5-21-17(4-1)12-19-15-25-20(14-24(19)21)13-18-7-8-23-22-9-11-32-16-27(22)35-26-6-3-10-33-30(26)34-31(35)29(23)28(18)25/h1-11,14-16H,12-13H2. The van der Waals surface area contributed by atoms with E-state index in [-0.39, 0.29) is 0 Å². The number of aromatic nitrogens is 4. The molecule has 0 saturated heterocycles. The largest absolute Gasteiger partial charge is 0.288 e. The zero-order valence-corrected chi connectivity index (χ0v) is 18.8. The van der Waals surface area contributed by atoms with Gasteiger partial charge in [-0.25, -0.2) is 9.97 Å². The van der Waals surface area contributed by atoms with Crippen LogP contribution >= 0.6 is 0 Å². The van der Waals surface area contributed by atoms with E-state index in [0.717, 1.165) is 35.2 Å². The van der Waals surface area contributed by atoms with E-state index in [1.165, 1.54) is 60.7 Å². The van der Waals surface area contributed by atoms with Crippen molar-refractivity contribution in [1.82, 2.24) is 19.4 Å². The van der Waals surface area contributed by atoms with Crippen LogP contribution in [0.4, 0.5) is 0 Å². The van der Waals surface area contributed by atoms with E-state index in [0.29, 0.717) is 0 Å². The molecular weight excluding hydrogens is 428 g/mol. The Bertz CT molecular complexity index is 2070. The third kappa shape index (κ3) is 2.15. The Morgan fingerprint density at radius 1 is 0.657 bits per heavy atom. The van der Waals surface area contributed by atoms with Gasteiger partial charge in [-0.1, -0.05) is 36.4 Å². The first-order valence-electron chi connectivity index (χ1n) is 12.0. The third-order valence-corrected chi connectivity index (χ3v) is 7.94. The van der Waals surface area contributed by atoms with Gasteiger partial charge in [-0.05, 0) is 93.1 Å². The molecule has 162 valence electrons. The number of pyridine rings is 3. The van der Waals surface area contributed by atoms with Crippen molar-refractivity contribution >= 4 is 38.5 Å². The molecule has 9 rings (SSSR count). The molecule has 4 nitrogen and oxygen atoms in total. The minimum atomic E-state index is 0.769. The molecule has 7 aromatic rings. The summed E-state index contributed by atoms with van der Waals surface area (Å²) in [7, 11) is 0. The van der Waals surface area contributed by atoms with Gasteiger partial charge in [0.25, 0.3) is 0 Å². The Morgan fingerprint density at radius 3 is 2.54 bits per heavy atom. The lowest BCUT2D eigenvalue weighted by atomic mass is 9.94. The number of benzene rings is 3. The number of rotatable bonds is 0. The second-order valence-electron chi connectivity index (χ2n) is 9.71. The normalized spacial score (nSPS) is 13.5. The highest BCUT2D eigenvalue weighted by molar-refractivity contribution is 6.19. The Morgan fingerprint density at radius 2 is 1.54 bits per heavy atom. The van der Waals surface area contributed by atoms with Gasteiger partial charge in [-0.2, -0.15) is 0 Å². The maximum atomic E-state index is 5.07. The van der Waals surface area contributed by atoms with Crippen LogP contribution in [0, 0.1) is 0 Å². The second-order valence-corrected chi connectivity index (χ2v) is 9.71. The Labute approximate surface area is 200 Å². The minimum Gasteiger partial charge on any atom is -0.288 e. The van der Waals surface area contributed by atoms with Crippen molar-refractivity contribution in [3.63, 3.8) is 0 Å². The summed E-state index contributed by atoms with van der Waals surface area (Å²) in [4.78, 5) is 14.1. The quantitative estimate of drug-likeness (QED) is 0.243. The Kier molecular flexibility index (Phi) is 3.11. The summed E-state index contributed by atoms with van der Waals surface area (Å²) in [5.74, 6) is 0. The van der Waals surface area contributed by atoms with Gasteiger partial charge in [0, 0.05) is 23.2 Å². The molecule has 4 aromatic heterocycles. The summed E-state index contributed by atoms with van der Waals surface area (Å²) in [5, 5.41) is 3.63. The first-order chi connectivity index (χ1) is 17.3. The molecular formula is C31H18N4. The average molecular weight is 447 g/mol. The molecule has 0 bridgehead atoms. The van der Waals surface area contributed by atoms with Crippen molar-refractivity contribution in [3.8, 4) is 22.3 Å². The number of nitrogens with zero attached hydrogens (tertiary/aromatic N) is 4. The van der Waals surface area contributed by atoms with Crippen LogP contribution < -0.4 is 0 Å². The lowest BCUT2D eigenvalue weighted by Gasteiger charge is -2.13. The lowest BCUT2D eigenvalue weighted by Crippen LogP contribution is -1.94. The first kappa shape index (κ1) is 17.8. The molecule has 0 amide bonds. The summed E-state index contributed by atoms with van der Waals surface area (Å²) in [6.07, 6.45) is 7.60. The van der Waals surface area contributed by atoms with E-state index in [2.05, 4.69) is 75.0 Å². The van der Waals surface area contributed by atoms with E-state index in [4.69, 9.17) is 4.98 Å². The molecule has 0 fully saturated rings. The molecule has 0 saturated carbocycles. The second kappa shape index (κ2) is 6.10. The maximum absolute atomic E-state index is 5.07. The molecule has 0 unspecified atom stereocenters. The number of fused-ring (bicyclic) bond motifs is 15. The summed E-state index contributed by atoms with van der Waals surface area (Å²) in [5.41, 5.74) is 14.9. The molecule has 0 N–H and O–H groups in total. The van der Waals surface area contributed by atoms with E-state index in [1.54, 1.807) is 0 Å². The fourth-order valence-electron chi connectivity index (χ4n) is 6.49. The van der Waals surface area contributed by atoms with E-state index in [9.17, 15) is 0 Å². The molecule has 4 heteroatoms. The summed E-state index contributed by atoms with van der Waals surface area (Å²) in [6, 6.07) is 24.5. The third-order valence-electron chi connectivity index (χ3n) is 7.94. The van der Waals surface area contributed by atoms with Gasteiger partial charge in [0.15, 0.2) is 5.65 Å². The molecule has 0 atom stereocenters. The van der Waals surface area contributed by atoms with E-state index in [1.807, 2.05) is 24.7 Å².